The molecule has 0 spiro atoms. The van der Waals surface area contributed by atoms with Crippen LogP contribution in [0.4, 0.5) is 10.2 Å². The number of carbonyl (C=O) groups excluding carboxylic acids is 1. The molecular formula is C12H18FN3O. The van der Waals surface area contributed by atoms with Gasteiger partial charge < -0.3 is 10.2 Å². The number of anilines is 1. The molecule has 94 valence electrons. The van der Waals surface area contributed by atoms with Gasteiger partial charge in [0.15, 0.2) is 0 Å². The Morgan fingerprint density at radius 1 is 1.53 bits per heavy atom. The van der Waals surface area contributed by atoms with E-state index in [1.807, 2.05) is 13.8 Å². The van der Waals surface area contributed by atoms with Crippen LogP contribution in [-0.2, 0) is 0 Å². The molecule has 0 aromatic carbocycles. The fourth-order valence-corrected chi connectivity index (χ4v) is 1.65. The Morgan fingerprint density at radius 2 is 2.24 bits per heavy atom. The third kappa shape index (κ3) is 3.15. The lowest BCUT2D eigenvalue weighted by molar-refractivity contribution is 0.0764. The number of rotatable bonds is 5. The van der Waals surface area contributed by atoms with Gasteiger partial charge in [0.25, 0.3) is 5.91 Å². The molecule has 1 aromatic heterocycles. The van der Waals surface area contributed by atoms with E-state index >= 15 is 0 Å². The van der Waals surface area contributed by atoms with E-state index < -0.39 is 5.82 Å². The van der Waals surface area contributed by atoms with E-state index in [0.29, 0.717) is 18.9 Å². The molecule has 0 aliphatic heterocycles. The summed E-state index contributed by atoms with van der Waals surface area (Å²) in [6.45, 7) is 5.17. The van der Waals surface area contributed by atoms with Crippen LogP contribution in [0.15, 0.2) is 12.3 Å². The highest BCUT2D eigenvalue weighted by Gasteiger charge is 2.18. The van der Waals surface area contributed by atoms with Gasteiger partial charge in [-0.25, -0.2) is 9.37 Å². The van der Waals surface area contributed by atoms with Gasteiger partial charge in [-0.05, 0) is 19.4 Å². The van der Waals surface area contributed by atoms with Crippen molar-refractivity contribution in [3.8, 4) is 0 Å². The number of hydrogen-bond donors (Lipinski definition) is 1. The number of carbonyl (C=O) groups is 1. The second-order valence-electron chi connectivity index (χ2n) is 3.68. The average molecular weight is 239 g/mol. The summed E-state index contributed by atoms with van der Waals surface area (Å²) >= 11 is 0. The van der Waals surface area contributed by atoms with Crippen LogP contribution >= 0.6 is 0 Å². The van der Waals surface area contributed by atoms with Crippen molar-refractivity contribution < 1.29 is 9.18 Å². The van der Waals surface area contributed by atoms with Crippen molar-refractivity contribution in [3.05, 3.63) is 23.6 Å². The predicted molar refractivity (Wildman–Crippen MR) is 65.6 cm³/mol. The average Bonchev–Trinajstić information content (AvgIpc) is 2.35. The molecule has 0 saturated carbocycles. The summed E-state index contributed by atoms with van der Waals surface area (Å²) in [5, 5.41) is 2.80. The number of hydrogen-bond acceptors (Lipinski definition) is 3. The molecule has 0 saturated heterocycles. The summed E-state index contributed by atoms with van der Waals surface area (Å²) in [6, 6.07) is 1.22. The third-order valence-corrected chi connectivity index (χ3v) is 2.48. The van der Waals surface area contributed by atoms with Gasteiger partial charge in [0, 0.05) is 20.1 Å². The number of pyridine rings is 1. The first kappa shape index (κ1) is 13.4. The van der Waals surface area contributed by atoms with Crippen LogP contribution in [0.1, 0.15) is 30.6 Å². The highest BCUT2D eigenvalue weighted by Crippen LogP contribution is 2.15. The van der Waals surface area contributed by atoms with Crippen molar-refractivity contribution in [2.24, 2.45) is 0 Å². The van der Waals surface area contributed by atoms with Crippen LogP contribution in [0.25, 0.3) is 0 Å². The molecule has 1 rings (SSSR count). The zero-order chi connectivity index (χ0) is 12.8. The molecule has 1 amide bonds. The van der Waals surface area contributed by atoms with E-state index in [0.717, 1.165) is 12.6 Å². The summed E-state index contributed by atoms with van der Waals surface area (Å²) in [7, 11) is 1.66. The van der Waals surface area contributed by atoms with E-state index in [-0.39, 0.29) is 11.5 Å². The molecular weight excluding hydrogens is 221 g/mol. The fraction of sp³-hybridized carbons (Fsp3) is 0.500. The SMILES string of the molecule is CCCN(CC)C(=O)c1cc(F)cnc1NC. The maximum Gasteiger partial charge on any atom is 0.257 e. The molecule has 0 unspecified atom stereocenters. The molecule has 1 N–H and O–H groups in total. The summed E-state index contributed by atoms with van der Waals surface area (Å²) in [6.07, 6.45) is 1.97. The molecule has 5 heteroatoms. The Hall–Kier alpha value is -1.65. The molecule has 0 bridgehead atoms. The highest BCUT2D eigenvalue weighted by atomic mass is 19.1. The van der Waals surface area contributed by atoms with Crippen LogP contribution in [-0.4, -0.2) is 35.9 Å². The first-order chi connectivity index (χ1) is 8.13. The number of nitrogens with zero attached hydrogens (tertiary/aromatic N) is 2. The van der Waals surface area contributed by atoms with E-state index in [4.69, 9.17) is 0 Å². The van der Waals surface area contributed by atoms with Crippen LogP contribution < -0.4 is 5.32 Å². The van der Waals surface area contributed by atoms with Gasteiger partial charge in [-0.1, -0.05) is 6.92 Å². The molecule has 0 aliphatic rings. The Kier molecular flexibility index (Phi) is 4.87. The number of amides is 1. The van der Waals surface area contributed by atoms with Gasteiger partial charge in [0.2, 0.25) is 0 Å². The van der Waals surface area contributed by atoms with Gasteiger partial charge in [0.05, 0.1) is 11.8 Å². The summed E-state index contributed by atoms with van der Waals surface area (Å²) in [4.78, 5) is 17.7. The van der Waals surface area contributed by atoms with Crippen LogP contribution in [0.2, 0.25) is 0 Å². The minimum Gasteiger partial charge on any atom is -0.372 e. The highest BCUT2D eigenvalue weighted by molar-refractivity contribution is 5.98. The predicted octanol–water partition coefficient (Wildman–Crippen LogP) is 2.13. The maximum absolute atomic E-state index is 13.1. The standard InChI is InChI=1S/C12H18FN3O/c1-4-6-16(5-2)12(17)10-7-9(13)8-15-11(10)14-3/h7-8H,4-6H2,1-3H3,(H,14,15). The third-order valence-electron chi connectivity index (χ3n) is 2.48. The molecule has 0 radical (unpaired) electrons. The Bertz CT molecular complexity index is 395. The van der Waals surface area contributed by atoms with E-state index in [1.54, 1.807) is 11.9 Å². The van der Waals surface area contributed by atoms with Crippen molar-refractivity contribution >= 4 is 11.7 Å². The summed E-state index contributed by atoms with van der Waals surface area (Å²) in [5.74, 6) is -0.281. The zero-order valence-electron chi connectivity index (χ0n) is 10.5. The number of aromatic nitrogens is 1. The van der Waals surface area contributed by atoms with Gasteiger partial charge >= 0.3 is 0 Å². The van der Waals surface area contributed by atoms with Crippen LogP contribution in [0.3, 0.4) is 0 Å². The monoisotopic (exact) mass is 239 g/mol. The Morgan fingerprint density at radius 3 is 2.76 bits per heavy atom. The maximum atomic E-state index is 13.1. The van der Waals surface area contributed by atoms with Crippen molar-refractivity contribution in [1.82, 2.24) is 9.88 Å². The fourth-order valence-electron chi connectivity index (χ4n) is 1.65. The van der Waals surface area contributed by atoms with Gasteiger partial charge in [-0.15, -0.1) is 0 Å². The molecule has 1 heterocycles. The molecule has 17 heavy (non-hydrogen) atoms. The first-order valence-corrected chi connectivity index (χ1v) is 5.76. The quantitative estimate of drug-likeness (QED) is 0.856. The Balaban J connectivity index is 3.04. The normalized spacial score (nSPS) is 10.1. The molecule has 4 nitrogen and oxygen atoms in total. The van der Waals surface area contributed by atoms with Crippen molar-refractivity contribution in [1.29, 1.82) is 0 Å². The van der Waals surface area contributed by atoms with Gasteiger partial charge in [0.1, 0.15) is 11.6 Å². The lowest BCUT2D eigenvalue weighted by Gasteiger charge is -2.21. The van der Waals surface area contributed by atoms with E-state index in [2.05, 4.69) is 10.3 Å². The molecule has 1 aromatic rings. The lowest BCUT2D eigenvalue weighted by atomic mass is 10.2. The number of nitrogens with one attached hydrogen (secondary N) is 1. The molecule has 0 aliphatic carbocycles. The zero-order valence-corrected chi connectivity index (χ0v) is 10.5. The van der Waals surface area contributed by atoms with Crippen LogP contribution in [0.5, 0.6) is 0 Å². The van der Waals surface area contributed by atoms with Crippen molar-refractivity contribution in [2.75, 3.05) is 25.5 Å². The molecule has 0 fully saturated rings. The second kappa shape index (κ2) is 6.18. The minimum atomic E-state index is -0.500. The molecule has 0 atom stereocenters. The smallest absolute Gasteiger partial charge is 0.257 e. The van der Waals surface area contributed by atoms with Crippen LogP contribution in [0, 0.1) is 5.82 Å². The largest absolute Gasteiger partial charge is 0.372 e. The topological polar surface area (TPSA) is 45.2 Å². The van der Waals surface area contributed by atoms with Crippen molar-refractivity contribution in [3.63, 3.8) is 0 Å². The summed E-state index contributed by atoms with van der Waals surface area (Å²) in [5.41, 5.74) is 0.280. The summed E-state index contributed by atoms with van der Waals surface area (Å²) < 4.78 is 13.1. The minimum absolute atomic E-state index is 0.189. The lowest BCUT2D eigenvalue weighted by Crippen LogP contribution is -2.32. The van der Waals surface area contributed by atoms with E-state index in [1.165, 1.54) is 6.07 Å². The van der Waals surface area contributed by atoms with Gasteiger partial charge in [-0.2, -0.15) is 0 Å². The first-order valence-electron chi connectivity index (χ1n) is 5.76. The Labute approximate surface area is 101 Å². The van der Waals surface area contributed by atoms with E-state index in [9.17, 15) is 9.18 Å². The van der Waals surface area contributed by atoms with Gasteiger partial charge in [-0.3, -0.25) is 4.79 Å². The second-order valence-corrected chi connectivity index (χ2v) is 3.68. The number of halogens is 1. The van der Waals surface area contributed by atoms with Crippen molar-refractivity contribution in [2.45, 2.75) is 20.3 Å².